The van der Waals surface area contributed by atoms with Crippen molar-refractivity contribution in [3.8, 4) is 0 Å². The first kappa shape index (κ1) is 20.0. The summed E-state index contributed by atoms with van der Waals surface area (Å²) in [5.74, 6) is -9.54. The molecule has 0 atom stereocenters. The van der Waals surface area contributed by atoms with E-state index in [0.29, 0.717) is 0 Å². The zero-order valence-corrected chi connectivity index (χ0v) is 11.5. The fourth-order valence-corrected chi connectivity index (χ4v) is 1.85. The minimum atomic E-state index is -5.18. The molecule has 122 valence electrons. The standard InChI is InChI=1S/C6H6BrF8O4P/c7-19-20(16,17-1-5(12,13)3(8)9)18-2-6(14,15)4(10)11/h3-4H,1-2H2. The zero-order chi connectivity index (χ0) is 16.2. The van der Waals surface area contributed by atoms with Gasteiger partial charge in [0.2, 0.25) is 0 Å². The van der Waals surface area contributed by atoms with Gasteiger partial charge in [0.15, 0.2) is 0 Å². The average molecular weight is 405 g/mol. The summed E-state index contributed by atoms with van der Waals surface area (Å²) < 4.78 is 119. The Morgan fingerprint density at radius 2 is 1.20 bits per heavy atom. The molecule has 0 aromatic rings. The summed E-state index contributed by atoms with van der Waals surface area (Å²) in [5.41, 5.74) is 0. The van der Waals surface area contributed by atoms with Crippen molar-refractivity contribution in [1.29, 1.82) is 0 Å². The Morgan fingerprint density at radius 3 is 1.40 bits per heavy atom. The third-order valence-corrected chi connectivity index (χ3v) is 3.68. The molecule has 14 heteroatoms. The lowest BCUT2D eigenvalue weighted by Gasteiger charge is -2.21. The fourth-order valence-electron chi connectivity index (χ4n) is 0.533. The minimum absolute atomic E-state index is 1.90. The maximum atomic E-state index is 12.4. The van der Waals surface area contributed by atoms with Gasteiger partial charge in [-0.25, -0.2) is 25.7 Å². The number of rotatable bonds is 9. The van der Waals surface area contributed by atoms with Crippen LogP contribution in [0.25, 0.3) is 0 Å². The Balaban J connectivity index is 4.61. The number of halogens is 9. The smallest absolute Gasteiger partial charge is 0.280 e. The van der Waals surface area contributed by atoms with E-state index in [1.54, 1.807) is 0 Å². The Kier molecular flexibility index (Phi) is 7.35. The minimum Gasteiger partial charge on any atom is -0.280 e. The molecule has 0 saturated carbocycles. The van der Waals surface area contributed by atoms with Gasteiger partial charge >= 0.3 is 32.5 Å². The van der Waals surface area contributed by atoms with Crippen LogP contribution in [0, 0.1) is 0 Å². The third kappa shape index (κ3) is 6.20. The van der Waals surface area contributed by atoms with E-state index in [4.69, 9.17) is 0 Å². The summed E-state index contributed by atoms with van der Waals surface area (Å²) in [6.45, 7) is -4.40. The molecule has 4 nitrogen and oxygen atoms in total. The third-order valence-electron chi connectivity index (χ3n) is 1.55. The van der Waals surface area contributed by atoms with Crippen LogP contribution in [-0.2, 0) is 17.2 Å². The van der Waals surface area contributed by atoms with Crippen molar-refractivity contribution in [1.82, 2.24) is 0 Å². The SMILES string of the molecule is O=P(OBr)(OCC(F)(F)C(F)F)OCC(F)(F)C(F)F. The number of phosphoric ester groups is 1. The molecule has 0 aromatic carbocycles. The molecule has 0 amide bonds. The number of hydrogen-bond acceptors (Lipinski definition) is 4. The first-order chi connectivity index (χ1) is 8.86. The average Bonchev–Trinajstić information content (AvgIpc) is 2.34. The number of alkyl halides is 8. The lowest BCUT2D eigenvalue weighted by atomic mass is 10.4. The topological polar surface area (TPSA) is 44.8 Å². The Hall–Kier alpha value is 0.0300. The van der Waals surface area contributed by atoms with Crippen molar-refractivity contribution < 1.29 is 52.4 Å². The first-order valence-corrected chi connectivity index (χ1v) is 6.48. The van der Waals surface area contributed by atoms with E-state index in [-0.39, 0.29) is 0 Å². The highest BCUT2D eigenvalue weighted by molar-refractivity contribution is 9.06. The molecule has 0 heterocycles. The molecule has 0 fully saturated rings. The van der Waals surface area contributed by atoms with Gasteiger partial charge < -0.3 is 0 Å². The van der Waals surface area contributed by atoms with Gasteiger partial charge in [0, 0.05) is 0 Å². The second kappa shape index (κ2) is 7.34. The van der Waals surface area contributed by atoms with E-state index in [9.17, 15) is 39.7 Å². The van der Waals surface area contributed by atoms with Crippen molar-refractivity contribution in [2.45, 2.75) is 24.7 Å². The van der Waals surface area contributed by atoms with Gasteiger partial charge in [0.1, 0.15) is 29.5 Å². The molecule has 0 spiro atoms. The summed E-state index contributed by atoms with van der Waals surface area (Å²) in [6, 6.07) is 0. The first-order valence-electron chi connectivity index (χ1n) is 4.38. The largest absolute Gasteiger partial charge is 0.486 e. The van der Waals surface area contributed by atoms with Crippen LogP contribution in [0.2, 0.25) is 0 Å². The molecule has 0 aliphatic heterocycles. The maximum absolute atomic E-state index is 12.4. The van der Waals surface area contributed by atoms with Gasteiger partial charge in [-0.2, -0.15) is 17.6 Å². The summed E-state index contributed by atoms with van der Waals surface area (Å²) >= 11 is 1.90. The predicted molar refractivity (Wildman–Crippen MR) is 51.4 cm³/mol. The quantitative estimate of drug-likeness (QED) is 0.425. The molecule has 0 aliphatic carbocycles. The van der Waals surface area contributed by atoms with Crippen LogP contribution in [-0.4, -0.2) is 37.9 Å². The molecule has 0 bridgehead atoms. The second-order valence-corrected chi connectivity index (χ2v) is 5.60. The number of phosphoric acid groups is 1. The molecule has 0 N–H and O–H groups in total. The van der Waals surface area contributed by atoms with Crippen molar-refractivity contribution in [3.63, 3.8) is 0 Å². The van der Waals surface area contributed by atoms with Crippen LogP contribution in [0.3, 0.4) is 0 Å². The Labute approximate surface area is 115 Å². The molecule has 0 saturated heterocycles. The molecule has 20 heavy (non-hydrogen) atoms. The predicted octanol–water partition coefficient (Wildman–Crippen LogP) is 4.26. The van der Waals surface area contributed by atoms with Crippen LogP contribution in [0.5, 0.6) is 0 Å². The molecular formula is C6H6BrF8O4P. The van der Waals surface area contributed by atoms with E-state index >= 15 is 0 Å². The lowest BCUT2D eigenvalue weighted by Crippen LogP contribution is -2.33. The van der Waals surface area contributed by atoms with Gasteiger partial charge in [-0.3, -0.25) is 9.05 Å². The Morgan fingerprint density at radius 1 is 0.900 bits per heavy atom. The normalized spacial score (nSPS) is 14.3. The van der Waals surface area contributed by atoms with Crippen molar-refractivity contribution in [3.05, 3.63) is 0 Å². The van der Waals surface area contributed by atoms with E-state index < -0.39 is 45.7 Å². The van der Waals surface area contributed by atoms with Gasteiger partial charge in [-0.1, -0.05) is 0 Å². The van der Waals surface area contributed by atoms with Gasteiger partial charge in [0.25, 0.3) is 0 Å². The van der Waals surface area contributed by atoms with Gasteiger partial charge in [-0.15, -0.1) is 0 Å². The van der Waals surface area contributed by atoms with Crippen LogP contribution in [0.1, 0.15) is 0 Å². The van der Waals surface area contributed by atoms with Crippen LogP contribution in [0.15, 0.2) is 0 Å². The Bertz CT molecular complexity index is 326. The second-order valence-electron chi connectivity index (χ2n) is 3.19. The summed E-state index contributed by atoms with van der Waals surface area (Å²) in [6.07, 6.45) is -8.40. The molecular weight excluding hydrogens is 399 g/mol. The highest BCUT2D eigenvalue weighted by Crippen LogP contribution is 2.53. The number of hydrogen-bond donors (Lipinski definition) is 0. The van der Waals surface area contributed by atoms with E-state index in [0.717, 1.165) is 0 Å². The van der Waals surface area contributed by atoms with Crippen LogP contribution in [0.4, 0.5) is 35.1 Å². The summed E-state index contributed by atoms with van der Waals surface area (Å²) in [7, 11) is -5.18. The van der Waals surface area contributed by atoms with E-state index in [2.05, 4.69) is 12.7 Å². The fraction of sp³-hybridized carbons (Fsp3) is 1.00. The highest BCUT2D eigenvalue weighted by atomic mass is 79.9. The van der Waals surface area contributed by atoms with E-state index in [1.165, 1.54) is 0 Å². The molecule has 0 radical (unpaired) electrons. The van der Waals surface area contributed by atoms with Gasteiger partial charge in [-0.05, 0) is 0 Å². The molecule has 0 rings (SSSR count). The lowest BCUT2D eigenvalue weighted by molar-refractivity contribution is -0.161. The molecule has 0 aromatic heterocycles. The van der Waals surface area contributed by atoms with Crippen molar-refractivity contribution in [2.24, 2.45) is 0 Å². The van der Waals surface area contributed by atoms with E-state index in [1.807, 2.05) is 16.3 Å². The monoisotopic (exact) mass is 404 g/mol. The summed E-state index contributed by atoms with van der Waals surface area (Å²) in [4.78, 5) is 0. The zero-order valence-electron chi connectivity index (χ0n) is 9.05. The van der Waals surface area contributed by atoms with Crippen LogP contribution >= 0.6 is 24.1 Å². The highest BCUT2D eigenvalue weighted by Gasteiger charge is 2.47. The van der Waals surface area contributed by atoms with Crippen LogP contribution < -0.4 is 0 Å². The molecule has 0 unspecified atom stereocenters. The van der Waals surface area contributed by atoms with Gasteiger partial charge in [0.05, 0.1) is 0 Å². The van der Waals surface area contributed by atoms with Crippen molar-refractivity contribution in [2.75, 3.05) is 13.2 Å². The molecule has 0 aliphatic rings. The maximum Gasteiger partial charge on any atom is 0.486 e. The van der Waals surface area contributed by atoms with Crippen molar-refractivity contribution >= 4 is 24.1 Å². The summed E-state index contributed by atoms with van der Waals surface area (Å²) in [5, 5.41) is 0.